The Kier molecular flexibility index (Phi) is 3.87. The minimum absolute atomic E-state index is 0.0405. The maximum absolute atomic E-state index is 13.2. The predicted molar refractivity (Wildman–Crippen MR) is 70.9 cm³/mol. The fourth-order valence-electron chi connectivity index (χ4n) is 1.39. The highest BCUT2D eigenvalue weighted by Crippen LogP contribution is 2.24. The molecule has 7 heteroatoms. The minimum atomic E-state index is -1.31. The van der Waals surface area contributed by atoms with Gasteiger partial charge in [-0.25, -0.2) is 14.2 Å². The van der Waals surface area contributed by atoms with E-state index in [4.69, 9.17) is 28.3 Å². The van der Waals surface area contributed by atoms with Gasteiger partial charge < -0.3 is 10.4 Å². The number of rotatable bonds is 3. The van der Waals surface area contributed by atoms with Crippen molar-refractivity contribution in [1.29, 1.82) is 0 Å². The second-order valence-corrected chi connectivity index (χ2v) is 4.39. The normalized spacial score (nSPS) is 10.3. The number of hydrogen-bond donors (Lipinski definition) is 2. The zero-order chi connectivity index (χ0) is 14.0. The summed E-state index contributed by atoms with van der Waals surface area (Å²) in [6, 6.07) is 7.32. The summed E-state index contributed by atoms with van der Waals surface area (Å²) in [5.74, 6) is -2.23. The number of carbonyl (C=O) groups is 1. The number of halogens is 3. The number of nitrogens with one attached hydrogen (secondary N) is 1. The Balaban J connectivity index is 2.41. The quantitative estimate of drug-likeness (QED) is 0.842. The third kappa shape index (κ3) is 3.13. The van der Waals surface area contributed by atoms with Gasteiger partial charge in [-0.3, -0.25) is 0 Å². The van der Waals surface area contributed by atoms with Gasteiger partial charge >= 0.3 is 5.97 Å². The first-order valence-corrected chi connectivity index (χ1v) is 5.85. The Morgan fingerprint density at radius 1 is 1.26 bits per heavy atom. The molecule has 1 heterocycles. The molecule has 4 nitrogen and oxygen atoms in total. The number of benzene rings is 1. The zero-order valence-corrected chi connectivity index (χ0v) is 10.8. The lowest BCUT2D eigenvalue weighted by molar-refractivity contribution is 0.0697. The Hall–Kier alpha value is -1.85. The van der Waals surface area contributed by atoms with E-state index in [1.165, 1.54) is 0 Å². The minimum Gasteiger partial charge on any atom is -0.478 e. The van der Waals surface area contributed by atoms with Crippen LogP contribution in [-0.2, 0) is 0 Å². The second-order valence-electron chi connectivity index (χ2n) is 3.59. The van der Waals surface area contributed by atoms with Crippen molar-refractivity contribution in [2.45, 2.75) is 0 Å². The number of aromatic carboxylic acids is 1. The van der Waals surface area contributed by atoms with E-state index in [1.807, 2.05) is 0 Å². The largest absolute Gasteiger partial charge is 0.478 e. The number of aromatic nitrogens is 1. The Bertz CT molecular complexity index is 632. The maximum atomic E-state index is 13.2. The average Bonchev–Trinajstić information content (AvgIpc) is 2.36. The molecule has 0 spiro atoms. The first-order chi connectivity index (χ1) is 8.97. The van der Waals surface area contributed by atoms with Crippen LogP contribution in [0, 0.1) is 5.82 Å². The van der Waals surface area contributed by atoms with Crippen molar-refractivity contribution in [1.82, 2.24) is 4.98 Å². The van der Waals surface area contributed by atoms with Crippen molar-refractivity contribution >= 4 is 40.7 Å². The highest BCUT2D eigenvalue weighted by atomic mass is 35.5. The topological polar surface area (TPSA) is 62.2 Å². The highest BCUT2D eigenvalue weighted by Gasteiger charge is 2.16. The van der Waals surface area contributed by atoms with Crippen LogP contribution in [0.15, 0.2) is 30.3 Å². The molecule has 0 fully saturated rings. The van der Waals surface area contributed by atoms with Crippen LogP contribution in [0.4, 0.5) is 15.9 Å². The standard InChI is InChI=1S/C12H7Cl2FN2O2/c13-6-1-3-7(4-2-6)16-11-8(12(18)19)5-9(15)10(14)17-11/h1-5H,(H,16,17)(H,18,19). The number of carboxylic acids is 1. The summed E-state index contributed by atoms with van der Waals surface area (Å²) in [7, 11) is 0. The Labute approximate surface area is 117 Å². The molecule has 0 aliphatic rings. The summed E-state index contributed by atoms with van der Waals surface area (Å²) >= 11 is 11.3. The third-order valence-corrected chi connectivity index (χ3v) is 2.79. The number of hydrogen-bond acceptors (Lipinski definition) is 3. The first kappa shape index (κ1) is 13.6. The van der Waals surface area contributed by atoms with E-state index in [0.29, 0.717) is 10.7 Å². The van der Waals surface area contributed by atoms with Crippen molar-refractivity contribution in [2.24, 2.45) is 0 Å². The molecule has 1 aromatic carbocycles. The fraction of sp³-hybridized carbons (Fsp3) is 0. The van der Waals surface area contributed by atoms with Crippen molar-refractivity contribution in [2.75, 3.05) is 5.32 Å². The number of nitrogens with zero attached hydrogens (tertiary/aromatic N) is 1. The van der Waals surface area contributed by atoms with Gasteiger partial charge in [0.2, 0.25) is 0 Å². The molecule has 0 aliphatic heterocycles. The molecule has 0 amide bonds. The predicted octanol–water partition coefficient (Wildman–Crippen LogP) is 3.97. The van der Waals surface area contributed by atoms with Crippen LogP contribution in [0.3, 0.4) is 0 Å². The van der Waals surface area contributed by atoms with Gasteiger partial charge in [0.05, 0.1) is 0 Å². The van der Waals surface area contributed by atoms with E-state index in [-0.39, 0.29) is 11.4 Å². The summed E-state index contributed by atoms with van der Waals surface area (Å²) in [5, 5.41) is 11.9. The summed E-state index contributed by atoms with van der Waals surface area (Å²) in [5.41, 5.74) is 0.249. The van der Waals surface area contributed by atoms with Crippen LogP contribution in [0.2, 0.25) is 10.2 Å². The molecule has 0 atom stereocenters. The van der Waals surface area contributed by atoms with Crippen LogP contribution >= 0.6 is 23.2 Å². The molecule has 1 aromatic heterocycles. The fourth-order valence-corrected chi connectivity index (χ4v) is 1.66. The van der Waals surface area contributed by atoms with E-state index < -0.39 is 16.9 Å². The molecule has 19 heavy (non-hydrogen) atoms. The third-order valence-electron chi connectivity index (χ3n) is 2.27. The van der Waals surface area contributed by atoms with Crippen molar-refractivity contribution in [3.05, 3.63) is 51.9 Å². The van der Waals surface area contributed by atoms with Gasteiger partial charge in [0.1, 0.15) is 11.4 Å². The van der Waals surface area contributed by atoms with Gasteiger partial charge in [-0.05, 0) is 30.3 Å². The smallest absolute Gasteiger partial charge is 0.339 e. The summed E-state index contributed by atoms with van der Waals surface area (Å²) in [6.45, 7) is 0. The Morgan fingerprint density at radius 2 is 1.89 bits per heavy atom. The molecule has 2 aromatic rings. The van der Waals surface area contributed by atoms with Crippen LogP contribution in [0.5, 0.6) is 0 Å². The van der Waals surface area contributed by atoms with Crippen molar-refractivity contribution in [3.63, 3.8) is 0 Å². The number of pyridine rings is 1. The van der Waals surface area contributed by atoms with Crippen LogP contribution in [0.1, 0.15) is 10.4 Å². The van der Waals surface area contributed by atoms with Crippen LogP contribution in [0.25, 0.3) is 0 Å². The van der Waals surface area contributed by atoms with Gasteiger partial charge in [0.15, 0.2) is 11.0 Å². The molecule has 98 valence electrons. The van der Waals surface area contributed by atoms with Gasteiger partial charge in [-0.1, -0.05) is 23.2 Å². The number of anilines is 2. The molecule has 0 aliphatic carbocycles. The van der Waals surface area contributed by atoms with Gasteiger partial charge in [0.25, 0.3) is 0 Å². The summed E-state index contributed by atoms with van der Waals surface area (Å²) < 4.78 is 13.2. The van der Waals surface area contributed by atoms with Crippen LogP contribution in [-0.4, -0.2) is 16.1 Å². The maximum Gasteiger partial charge on any atom is 0.339 e. The molecule has 0 saturated carbocycles. The van der Waals surface area contributed by atoms with Gasteiger partial charge in [-0.2, -0.15) is 0 Å². The van der Waals surface area contributed by atoms with Crippen LogP contribution < -0.4 is 5.32 Å². The summed E-state index contributed by atoms with van der Waals surface area (Å²) in [6.07, 6.45) is 0. The van der Waals surface area contributed by atoms with E-state index in [9.17, 15) is 9.18 Å². The van der Waals surface area contributed by atoms with E-state index in [0.717, 1.165) is 6.07 Å². The molecular formula is C12H7Cl2FN2O2. The number of carboxylic acid groups (broad SMARTS) is 1. The lowest BCUT2D eigenvalue weighted by Gasteiger charge is -2.09. The lowest BCUT2D eigenvalue weighted by Crippen LogP contribution is -2.06. The van der Waals surface area contributed by atoms with E-state index >= 15 is 0 Å². The monoisotopic (exact) mass is 300 g/mol. The molecule has 0 bridgehead atoms. The van der Waals surface area contributed by atoms with Crippen molar-refractivity contribution < 1.29 is 14.3 Å². The molecule has 2 rings (SSSR count). The second kappa shape index (κ2) is 5.42. The molecule has 0 radical (unpaired) electrons. The van der Waals surface area contributed by atoms with E-state index in [2.05, 4.69) is 10.3 Å². The van der Waals surface area contributed by atoms with Gasteiger partial charge in [0, 0.05) is 10.7 Å². The zero-order valence-electron chi connectivity index (χ0n) is 9.32. The average molecular weight is 301 g/mol. The summed E-state index contributed by atoms with van der Waals surface area (Å²) in [4.78, 5) is 14.7. The van der Waals surface area contributed by atoms with Gasteiger partial charge in [-0.15, -0.1) is 0 Å². The molecule has 0 saturated heterocycles. The SMILES string of the molecule is O=C(O)c1cc(F)c(Cl)nc1Nc1ccc(Cl)cc1. The molecule has 2 N–H and O–H groups in total. The first-order valence-electron chi connectivity index (χ1n) is 5.09. The van der Waals surface area contributed by atoms with Crippen molar-refractivity contribution in [3.8, 4) is 0 Å². The highest BCUT2D eigenvalue weighted by molar-refractivity contribution is 6.30. The molecular weight excluding hydrogens is 294 g/mol. The lowest BCUT2D eigenvalue weighted by atomic mass is 10.2. The molecule has 0 unspecified atom stereocenters. The van der Waals surface area contributed by atoms with E-state index in [1.54, 1.807) is 24.3 Å². The Morgan fingerprint density at radius 3 is 2.47 bits per heavy atom.